The maximum atomic E-state index is 12.5. The summed E-state index contributed by atoms with van der Waals surface area (Å²) in [6.45, 7) is 2.58. The van der Waals surface area contributed by atoms with Gasteiger partial charge in [-0.05, 0) is 30.7 Å². The van der Waals surface area contributed by atoms with E-state index in [4.69, 9.17) is 9.47 Å². The highest BCUT2D eigenvalue weighted by Crippen LogP contribution is 2.28. The largest absolute Gasteiger partial charge is 0.493 e. The van der Waals surface area contributed by atoms with Crippen molar-refractivity contribution in [2.24, 2.45) is 0 Å². The van der Waals surface area contributed by atoms with Crippen LogP contribution in [0.1, 0.15) is 18.2 Å². The van der Waals surface area contributed by atoms with Gasteiger partial charge in [-0.1, -0.05) is 0 Å². The number of thiazole rings is 1. The van der Waals surface area contributed by atoms with Crippen LogP contribution in [0.25, 0.3) is 0 Å². The van der Waals surface area contributed by atoms with Gasteiger partial charge in [0.05, 0.1) is 30.2 Å². The van der Waals surface area contributed by atoms with Crippen LogP contribution < -0.4 is 9.46 Å². The summed E-state index contributed by atoms with van der Waals surface area (Å²) in [4.78, 5) is 15.7. The molecule has 3 rings (SSSR count). The first-order valence-corrected chi connectivity index (χ1v) is 9.73. The van der Waals surface area contributed by atoms with Crippen molar-refractivity contribution in [1.82, 2.24) is 4.98 Å². The van der Waals surface area contributed by atoms with E-state index >= 15 is 0 Å². The van der Waals surface area contributed by atoms with Crippen molar-refractivity contribution in [3.05, 3.63) is 34.8 Å². The first-order valence-electron chi connectivity index (χ1n) is 7.36. The fraction of sp³-hybridized carbons (Fsp3) is 0.333. The summed E-state index contributed by atoms with van der Waals surface area (Å²) in [5.41, 5.74) is 1.35. The van der Waals surface area contributed by atoms with Gasteiger partial charge in [-0.2, -0.15) is 0 Å². The van der Waals surface area contributed by atoms with Gasteiger partial charge >= 0.3 is 5.97 Å². The third-order valence-electron chi connectivity index (χ3n) is 3.38. The quantitative estimate of drug-likeness (QED) is 0.784. The number of hydrogen-bond donors (Lipinski definition) is 1. The number of ether oxygens (including phenoxy) is 2. The molecule has 7 nitrogen and oxygen atoms in total. The Morgan fingerprint density at radius 1 is 1.46 bits per heavy atom. The molecule has 1 aromatic carbocycles. The SMILES string of the molecule is CCOC(=O)Cc1csc(NS(=O)(=O)c2ccc3c(c2)CCO3)n1. The second-order valence-electron chi connectivity index (χ2n) is 5.10. The molecule has 9 heteroatoms. The zero-order valence-electron chi connectivity index (χ0n) is 12.9. The van der Waals surface area contributed by atoms with Crippen molar-refractivity contribution in [3.63, 3.8) is 0 Å². The Bertz CT molecular complexity index is 860. The van der Waals surface area contributed by atoms with Crippen molar-refractivity contribution in [1.29, 1.82) is 0 Å². The van der Waals surface area contributed by atoms with E-state index in [1.165, 1.54) is 6.07 Å². The second-order valence-corrected chi connectivity index (χ2v) is 7.64. The molecule has 0 amide bonds. The maximum Gasteiger partial charge on any atom is 0.311 e. The topological polar surface area (TPSA) is 94.6 Å². The minimum absolute atomic E-state index is 0.0161. The highest BCUT2D eigenvalue weighted by atomic mass is 32.2. The van der Waals surface area contributed by atoms with Crippen LogP contribution in [0.5, 0.6) is 5.75 Å². The fourth-order valence-electron chi connectivity index (χ4n) is 2.30. The van der Waals surface area contributed by atoms with Gasteiger partial charge < -0.3 is 9.47 Å². The van der Waals surface area contributed by atoms with E-state index in [0.29, 0.717) is 25.3 Å². The highest BCUT2D eigenvalue weighted by Gasteiger charge is 2.20. The van der Waals surface area contributed by atoms with Gasteiger partial charge in [-0.25, -0.2) is 13.4 Å². The maximum absolute atomic E-state index is 12.5. The molecule has 0 saturated heterocycles. The zero-order chi connectivity index (χ0) is 17.2. The van der Waals surface area contributed by atoms with E-state index in [-0.39, 0.29) is 16.4 Å². The van der Waals surface area contributed by atoms with E-state index in [1.54, 1.807) is 24.4 Å². The fourth-order valence-corrected chi connectivity index (χ4v) is 4.31. The van der Waals surface area contributed by atoms with Gasteiger partial charge in [0.1, 0.15) is 5.75 Å². The summed E-state index contributed by atoms with van der Waals surface area (Å²) in [5, 5.41) is 1.84. The first-order chi connectivity index (χ1) is 11.5. The molecule has 24 heavy (non-hydrogen) atoms. The molecule has 0 bridgehead atoms. The molecule has 1 N–H and O–H groups in total. The standard InChI is InChI=1S/C15H16N2O5S2/c1-2-21-14(18)8-11-9-23-15(16-11)17-24(19,20)12-3-4-13-10(7-12)5-6-22-13/h3-4,7,9H,2,5-6,8H2,1H3,(H,16,17). The molecule has 0 aliphatic carbocycles. The lowest BCUT2D eigenvalue weighted by Crippen LogP contribution is -2.13. The van der Waals surface area contributed by atoms with Gasteiger partial charge in [0, 0.05) is 11.8 Å². The Hall–Kier alpha value is -2.13. The van der Waals surface area contributed by atoms with Gasteiger partial charge in [-0.15, -0.1) is 11.3 Å². The van der Waals surface area contributed by atoms with E-state index in [0.717, 1.165) is 22.6 Å². The minimum Gasteiger partial charge on any atom is -0.493 e. The summed E-state index contributed by atoms with van der Waals surface area (Å²) in [5.74, 6) is 0.329. The molecular weight excluding hydrogens is 352 g/mol. The molecule has 0 spiro atoms. The van der Waals surface area contributed by atoms with Crippen molar-refractivity contribution in [2.45, 2.75) is 24.7 Å². The summed E-state index contributed by atoms with van der Waals surface area (Å²) in [6, 6.07) is 4.77. The van der Waals surface area contributed by atoms with Crippen LogP contribution in [-0.4, -0.2) is 32.6 Å². The third kappa shape index (κ3) is 3.68. The Balaban J connectivity index is 1.73. The molecule has 0 atom stereocenters. The number of benzene rings is 1. The van der Waals surface area contributed by atoms with Crippen LogP contribution in [0.3, 0.4) is 0 Å². The van der Waals surface area contributed by atoms with Crippen molar-refractivity contribution < 1.29 is 22.7 Å². The summed E-state index contributed by atoms with van der Waals surface area (Å²) in [6.07, 6.45) is 0.710. The Morgan fingerprint density at radius 3 is 3.08 bits per heavy atom. The van der Waals surface area contributed by atoms with Gasteiger partial charge in [-0.3, -0.25) is 9.52 Å². The van der Waals surface area contributed by atoms with Gasteiger partial charge in [0.2, 0.25) is 0 Å². The molecular formula is C15H16N2O5S2. The minimum atomic E-state index is -3.73. The third-order valence-corrected chi connectivity index (χ3v) is 5.65. The van der Waals surface area contributed by atoms with Crippen LogP contribution >= 0.6 is 11.3 Å². The van der Waals surface area contributed by atoms with E-state index in [2.05, 4.69) is 9.71 Å². The molecule has 0 unspecified atom stereocenters. The van der Waals surface area contributed by atoms with E-state index in [9.17, 15) is 13.2 Å². The Labute approximate surface area is 143 Å². The van der Waals surface area contributed by atoms with Crippen LogP contribution in [0.2, 0.25) is 0 Å². The molecule has 0 radical (unpaired) electrons. The predicted octanol–water partition coefficient (Wildman–Crippen LogP) is 1.98. The summed E-state index contributed by atoms with van der Waals surface area (Å²) < 4.78 is 37.6. The highest BCUT2D eigenvalue weighted by molar-refractivity contribution is 7.93. The van der Waals surface area contributed by atoms with Crippen LogP contribution in [0.15, 0.2) is 28.5 Å². The monoisotopic (exact) mass is 368 g/mol. The van der Waals surface area contributed by atoms with Crippen LogP contribution in [0.4, 0.5) is 5.13 Å². The number of nitrogens with zero attached hydrogens (tertiary/aromatic N) is 1. The smallest absolute Gasteiger partial charge is 0.311 e. The van der Waals surface area contributed by atoms with Crippen LogP contribution in [-0.2, 0) is 32.4 Å². The molecule has 128 valence electrons. The number of sulfonamides is 1. The summed E-state index contributed by atoms with van der Waals surface area (Å²) >= 11 is 1.12. The Kier molecular flexibility index (Phi) is 4.72. The molecule has 0 saturated carbocycles. The van der Waals surface area contributed by atoms with Crippen LogP contribution in [0, 0.1) is 0 Å². The van der Waals surface area contributed by atoms with Crippen molar-refractivity contribution in [3.8, 4) is 5.75 Å². The van der Waals surface area contributed by atoms with Crippen molar-refractivity contribution >= 4 is 32.5 Å². The molecule has 2 heterocycles. The number of carbonyl (C=O) groups is 1. The van der Waals surface area contributed by atoms with Gasteiger partial charge in [0.15, 0.2) is 5.13 Å². The number of carbonyl (C=O) groups excluding carboxylic acids is 1. The normalized spacial score (nSPS) is 13.2. The predicted molar refractivity (Wildman–Crippen MR) is 88.9 cm³/mol. The molecule has 1 aliphatic rings. The van der Waals surface area contributed by atoms with E-state index in [1.807, 2.05) is 0 Å². The lowest BCUT2D eigenvalue weighted by molar-refractivity contribution is -0.142. The lowest BCUT2D eigenvalue weighted by atomic mass is 10.2. The number of fused-ring (bicyclic) bond motifs is 1. The molecule has 1 aromatic heterocycles. The number of anilines is 1. The molecule has 1 aliphatic heterocycles. The number of aromatic nitrogens is 1. The average Bonchev–Trinajstić information content (AvgIpc) is 3.15. The second kappa shape index (κ2) is 6.78. The lowest BCUT2D eigenvalue weighted by Gasteiger charge is -2.06. The zero-order valence-corrected chi connectivity index (χ0v) is 14.6. The summed E-state index contributed by atoms with van der Waals surface area (Å²) in [7, 11) is -3.73. The van der Waals surface area contributed by atoms with E-state index < -0.39 is 16.0 Å². The molecule has 0 fully saturated rings. The van der Waals surface area contributed by atoms with Crippen molar-refractivity contribution in [2.75, 3.05) is 17.9 Å². The number of hydrogen-bond acceptors (Lipinski definition) is 7. The Morgan fingerprint density at radius 2 is 2.29 bits per heavy atom. The van der Waals surface area contributed by atoms with Gasteiger partial charge in [0.25, 0.3) is 10.0 Å². The number of nitrogens with one attached hydrogen (secondary N) is 1. The number of esters is 1. The first kappa shape index (κ1) is 16.7. The molecule has 2 aromatic rings. The average molecular weight is 368 g/mol. The number of rotatable bonds is 6.